The number of aliphatic hydroxyl groups is 1. The highest BCUT2D eigenvalue weighted by Crippen LogP contribution is 2.32. The lowest BCUT2D eigenvalue weighted by atomic mass is 10.2. The van der Waals surface area contributed by atoms with Gasteiger partial charge in [-0.15, -0.1) is 0 Å². The van der Waals surface area contributed by atoms with Crippen LogP contribution in [0.1, 0.15) is 19.8 Å². The van der Waals surface area contributed by atoms with Crippen molar-refractivity contribution >= 4 is 47.6 Å². The van der Waals surface area contributed by atoms with Gasteiger partial charge in [-0.05, 0) is 56.8 Å². The molecule has 0 spiro atoms. The second-order valence-corrected chi connectivity index (χ2v) is 7.47. The molecule has 0 aliphatic carbocycles. The van der Waals surface area contributed by atoms with E-state index in [1.54, 1.807) is 0 Å². The van der Waals surface area contributed by atoms with Gasteiger partial charge in [-0.2, -0.15) is 0 Å². The summed E-state index contributed by atoms with van der Waals surface area (Å²) in [6, 6.07) is 3.06. The molecule has 0 fully saturated rings. The maximum Gasteiger partial charge on any atom is 0.242 e. The average molecular weight is 416 g/mol. The molecule has 0 amide bonds. The van der Waals surface area contributed by atoms with Crippen LogP contribution in [0.15, 0.2) is 26.0 Å². The molecule has 108 valence electrons. The third kappa shape index (κ3) is 4.71. The molecule has 0 aliphatic heterocycles. The molecular weight excluding hydrogens is 400 g/mol. The molecule has 1 atom stereocenters. The molecule has 19 heavy (non-hydrogen) atoms. The predicted molar refractivity (Wildman–Crippen MR) is 82.4 cm³/mol. The van der Waals surface area contributed by atoms with Crippen LogP contribution >= 0.6 is 31.9 Å². The van der Waals surface area contributed by atoms with Crippen molar-refractivity contribution in [3.05, 3.63) is 21.1 Å². The number of nitrogens with two attached hydrogens (primary N) is 1. The summed E-state index contributed by atoms with van der Waals surface area (Å²) in [7, 11) is -3.65. The van der Waals surface area contributed by atoms with Crippen LogP contribution in [0.2, 0.25) is 0 Å². The van der Waals surface area contributed by atoms with Crippen molar-refractivity contribution < 1.29 is 13.5 Å². The van der Waals surface area contributed by atoms with Crippen molar-refractivity contribution in [3.63, 3.8) is 0 Å². The number of halogens is 2. The Labute approximate surface area is 129 Å². The fraction of sp³-hybridized carbons (Fsp3) is 0.455. The molecule has 0 saturated heterocycles. The molecule has 0 bridgehead atoms. The minimum absolute atomic E-state index is 0.104. The fourth-order valence-corrected chi connectivity index (χ4v) is 5.14. The number of hydrogen-bond donors (Lipinski definition) is 3. The zero-order valence-electron chi connectivity index (χ0n) is 10.4. The lowest BCUT2D eigenvalue weighted by Crippen LogP contribution is -2.27. The first-order chi connectivity index (χ1) is 8.77. The van der Waals surface area contributed by atoms with E-state index >= 15 is 0 Å². The van der Waals surface area contributed by atoms with Crippen LogP contribution in [-0.4, -0.2) is 26.2 Å². The summed E-state index contributed by atoms with van der Waals surface area (Å²) < 4.78 is 27.6. The van der Waals surface area contributed by atoms with E-state index in [-0.39, 0.29) is 11.4 Å². The lowest BCUT2D eigenvalue weighted by molar-refractivity contribution is 0.162. The van der Waals surface area contributed by atoms with Crippen molar-refractivity contribution in [1.29, 1.82) is 0 Å². The largest absolute Gasteiger partial charge is 0.399 e. The molecule has 1 aromatic carbocycles. The second-order valence-electron chi connectivity index (χ2n) is 4.06. The Kier molecular flexibility index (Phi) is 6.25. The van der Waals surface area contributed by atoms with E-state index in [0.29, 0.717) is 27.5 Å². The number of aliphatic hydroxyl groups excluding tert-OH is 1. The van der Waals surface area contributed by atoms with Gasteiger partial charge in [0.15, 0.2) is 0 Å². The maximum absolute atomic E-state index is 12.2. The van der Waals surface area contributed by atoms with Gasteiger partial charge in [0.05, 0.1) is 6.10 Å². The molecule has 0 heterocycles. The van der Waals surface area contributed by atoms with Crippen molar-refractivity contribution in [2.75, 3.05) is 12.3 Å². The molecule has 5 nitrogen and oxygen atoms in total. The summed E-state index contributed by atoms with van der Waals surface area (Å²) in [5.41, 5.74) is 6.08. The maximum atomic E-state index is 12.2. The van der Waals surface area contributed by atoms with E-state index in [1.807, 2.05) is 6.92 Å². The minimum Gasteiger partial charge on any atom is -0.399 e. The highest BCUT2D eigenvalue weighted by atomic mass is 79.9. The molecule has 0 aliphatic rings. The van der Waals surface area contributed by atoms with Gasteiger partial charge < -0.3 is 10.8 Å². The number of anilines is 1. The summed E-state index contributed by atoms with van der Waals surface area (Å²) in [5, 5.41) is 9.40. The van der Waals surface area contributed by atoms with Gasteiger partial charge in [-0.25, -0.2) is 13.1 Å². The van der Waals surface area contributed by atoms with Gasteiger partial charge in [0, 0.05) is 21.2 Å². The SMILES string of the molecule is CCC(O)CCNS(=O)(=O)c1c(Br)cc(N)cc1Br. The standard InChI is InChI=1S/C11H16Br2N2O3S/c1-2-8(16)3-4-15-19(17,18)11-9(12)5-7(14)6-10(11)13/h5-6,8,15-16H,2-4,14H2,1H3. The minimum atomic E-state index is -3.65. The Bertz CT molecular complexity index is 526. The lowest BCUT2D eigenvalue weighted by Gasteiger charge is -2.12. The van der Waals surface area contributed by atoms with Crippen molar-refractivity contribution in [2.24, 2.45) is 0 Å². The van der Waals surface area contributed by atoms with E-state index < -0.39 is 16.1 Å². The number of benzene rings is 1. The van der Waals surface area contributed by atoms with Crippen molar-refractivity contribution in [3.8, 4) is 0 Å². The monoisotopic (exact) mass is 414 g/mol. The summed E-state index contributed by atoms with van der Waals surface area (Å²) >= 11 is 6.38. The van der Waals surface area contributed by atoms with Crippen LogP contribution < -0.4 is 10.5 Å². The van der Waals surface area contributed by atoms with Crippen LogP contribution in [0.25, 0.3) is 0 Å². The van der Waals surface area contributed by atoms with Gasteiger partial charge in [0.25, 0.3) is 0 Å². The third-order valence-corrected chi connectivity index (χ3v) is 5.87. The first kappa shape index (κ1) is 16.9. The molecule has 8 heteroatoms. The quantitative estimate of drug-likeness (QED) is 0.621. The first-order valence-electron chi connectivity index (χ1n) is 5.70. The number of rotatable bonds is 6. The highest BCUT2D eigenvalue weighted by molar-refractivity contribution is 9.11. The van der Waals surface area contributed by atoms with Gasteiger partial charge >= 0.3 is 0 Å². The Morgan fingerprint density at radius 3 is 2.37 bits per heavy atom. The van der Waals surface area contributed by atoms with Gasteiger partial charge in [0.2, 0.25) is 10.0 Å². The Balaban J connectivity index is 2.89. The zero-order valence-corrected chi connectivity index (χ0v) is 14.3. The van der Waals surface area contributed by atoms with Crippen molar-refractivity contribution in [2.45, 2.75) is 30.8 Å². The van der Waals surface area contributed by atoms with Gasteiger partial charge in [-0.3, -0.25) is 0 Å². The van der Waals surface area contributed by atoms with Gasteiger partial charge in [-0.1, -0.05) is 6.92 Å². The number of nitrogen functional groups attached to an aromatic ring is 1. The van der Waals surface area contributed by atoms with Gasteiger partial charge in [0.1, 0.15) is 4.90 Å². The zero-order chi connectivity index (χ0) is 14.6. The van der Waals surface area contributed by atoms with E-state index in [4.69, 9.17) is 5.73 Å². The number of sulfonamides is 1. The van der Waals surface area contributed by atoms with Crippen LogP contribution in [-0.2, 0) is 10.0 Å². The molecule has 1 rings (SSSR count). The summed E-state index contributed by atoms with van der Waals surface area (Å²) in [5.74, 6) is 0. The average Bonchev–Trinajstić information content (AvgIpc) is 2.26. The molecule has 0 radical (unpaired) electrons. The third-order valence-electron chi connectivity index (χ3n) is 2.53. The van der Waals surface area contributed by atoms with E-state index in [1.165, 1.54) is 12.1 Å². The summed E-state index contributed by atoms with van der Waals surface area (Å²) in [4.78, 5) is 0.104. The second kappa shape index (κ2) is 7.03. The Morgan fingerprint density at radius 1 is 1.37 bits per heavy atom. The Morgan fingerprint density at radius 2 is 1.89 bits per heavy atom. The fourth-order valence-electron chi connectivity index (χ4n) is 1.47. The molecule has 1 unspecified atom stereocenters. The number of nitrogens with one attached hydrogen (secondary N) is 1. The van der Waals surface area contributed by atoms with Crippen LogP contribution in [0.5, 0.6) is 0 Å². The van der Waals surface area contributed by atoms with E-state index in [9.17, 15) is 13.5 Å². The molecule has 0 aromatic heterocycles. The molecular formula is C11H16Br2N2O3S. The van der Waals surface area contributed by atoms with Crippen LogP contribution in [0, 0.1) is 0 Å². The molecule has 1 aromatic rings. The van der Waals surface area contributed by atoms with E-state index in [0.717, 1.165) is 0 Å². The summed E-state index contributed by atoms with van der Waals surface area (Å²) in [6.07, 6.45) is 0.470. The summed E-state index contributed by atoms with van der Waals surface area (Å²) in [6.45, 7) is 2.02. The Hall–Kier alpha value is -0.150. The van der Waals surface area contributed by atoms with Crippen molar-refractivity contribution in [1.82, 2.24) is 4.72 Å². The van der Waals surface area contributed by atoms with E-state index in [2.05, 4.69) is 36.6 Å². The smallest absolute Gasteiger partial charge is 0.242 e. The topological polar surface area (TPSA) is 92.4 Å². The predicted octanol–water partition coefficient (Wildman–Crippen LogP) is 2.23. The first-order valence-corrected chi connectivity index (χ1v) is 8.77. The molecule has 4 N–H and O–H groups in total. The number of hydrogen-bond acceptors (Lipinski definition) is 4. The van der Waals surface area contributed by atoms with Crippen LogP contribution in [0.3, 0.4) is 0 Å². The van der Waals surface area contributed by atoms with Crippen LogP contribution in [0.4, 0.5) is 5.69 Å². The highest BCUT2D eigenvalue weighted by Gasteiger charge is 2.21. The molecule has 0 saturated carbocycles. The normalized spacial score (nSPS) is 13.5.